The Bertz CT molecular complexity index is 396. The van der Waals surface area contributed by atoms with Gasteiger partial charge in [0.1, 0.15) is 12.0 Å². The quantitative estimate of drug-likeness (QED) is 0.445. The highest BCUT2D eigenvalue weighted by Gasteiger charge is 2.12. The molecule has 1 aromatic rings. The molecule has 2 N–H and O–H groups in total. The first-order valence-electron chi connectivity index (χ1n) is 4.37. The van der Waals surface area contributed by atoms with Crippen LogP contribution in [0.5, 0.6) is 0 Å². The van der Waals surface area contributed by atoms with E-state index in [0.29, 0.717) is 11.8 Å². The molecular formula is C11H11NO3. The zero-order chi connectivity index (χ0) is 11.3. The second kappa shape index (κ2) is 4.95. The molecule has 0 aliphatic carbocycles. The van der Waals surface area contributed by atoms with Crippen LogP contribution in [0.1, 0.15) is 17.3 Å². The highest BCUT2D eigenvalue weighted by atomic mass is 16.2. The van der Waals surface area contributed by atoms with Crippen LogP contribution in [0.2, 0.25) is 0 Å². The number of hydrogen-bond acceptors (Lipinski definition) is 3. The number of allylic oxidation sites excluding steroid dienone is 1. The lowest BCUT2D eigenvalue weighted by atomic mass is 10.1. The van der Waals surface area contributed by atoms with E-state index in [4.69, 9.17) is 5.11 Å². The standard InChI is InChI=1S/C11H11NO3/c1-8(14)12-10(7-13)11(15)9-5-3-2-4-6-9/h2-7,13H,1H3,(H,12,14)/b10-7-. The number of aliphatic hydroxyl groups excluding tert-OH is 1. The zero-order valence-corrected chi connectivity index (χ0v) is 8.23. The summed E-state index contributed by atoms with van der Waals surface area (Å²) in [5, 5.41) is 11.1. The van der Waals surface area contributed by atoms with Crippen molar-refractivity contribution in [1.82, 2.24) is 5.32 Å². The number of aliphatic hydroxyl groups is 1. The number of ketones is 1. The molecular weight excluding hydrogens is 194 g/mol. The Labute approximate surface area is 87.2 Å². The van der Waals surface area contributed by atoms with Crippen LogP contribution in [0.4, 0.5) is 0 Å². The Kier molecular flexibility index (Phi) is 3.62. The maximum atomic E-state index is 11.7. The number of hydrogen-bond donors (Lipinski definition) is 2. The third-order valence-electron chi connectivity index (χ3n) is 1.72. The van der Waals surface area contributed by atoms with Gasteiger partial charge in [-0.25, -0.2) is 0 Å². The van der Waals surface area contributed by atoms with E-state index in [2.05, 4.69) is 5.32 Å². The molecule has 0 fully saturated rings. The molecule has 1 rings (SSSR count). The maximum Gasteiger partial charge on any atom is 0.221 e. The van der Waals surface area contributed by atoms with Crippen LogP contribution in [-0.4, -0.2) is 16.8 Å². The van der Waals surface area contributed by atoms with Crippen molar-refractivity contribution in [3.05, 3.63) is 47.9 Å². The van der Waals surface area contributed by atoms with Gasteiger partial charge >= 0.3 is 0 Å². The average Bonchev–Trinajstić information content (AvgIpc) is 2.26. The van der Waals surface area contributed by atoms with E-state index < -0.39 is 11.7 Å². The molecule has 0 radical (unpaired) electrons. The first-order valence-corrected chi connectivity index (χ1v) is 4.37. The summed E-state index contributed by atoms with van der Waals surface area (Å²) in [4.78, 5) is 22.4. The van der Waals surface area contributed by atoms with Crippen molar-refractivity contribution < 1.29 is 14.7 Å². The van der Waals surface area contributed by atoms with Gasteiger partial charge in [0.05, 0.1) is 0 Å². The number of benzene rings is 1. The Morgan fingerprint density at radius 3 is 2.33 bits per heavy atom. The lowest BCUT2D eigenvalue weighted by Gasteiger charge is -2.04. The number of carbonyl (C=O) groups excluding carboxylic acids is 2. The van der Waals surface area contributed by atoms with Crippen molar-refractivity contribution >= 4 is 11.7 Å². The van der Waals surface area contributed by atoms with Gasteiger partial charge in [0.25, 0.3) is 0 Å². The van der Waals surface area contributed by atoms with Crippen LogP contribution in [0, 0.1) is 0 Å². The lowest BCUT2D eigenvalue weighted by molar-refractivity contribution is -0.118. The Morgan fingerprint density at radius 1 is 1.27 bits per heavy atom. The van der Waals surface area contributed by atoms with E-state index in [1.165, 1.54) is 6.92 Å². The Balaban J connectivity index is 2.89. The van der Waals surface area contributed by atoms with E-state index in [0.717, 1.165) is 0 Å². The van der Waals surface area contributed by atoms with Crippen molar-refractivity contribution in [2.24, 2.45) is 0 Å². The highest BCUT2D eigenvalue weighted by Crippen LogP contribution is 2.05. The topological polar surface area (TPSA) is 66.4 Å². The van der Waals surface area contributed by atoms with Gasteiger partial charge in [-0.3, -0.25) is 9.59 Å². The van der Waals surface area contributed by atoms with Crippen molar-refractivity contribution in [2.45, 2.75) is 6.92 Å². The second-order valence-corrected chi connectivity index (χ2v) is 2.92. The highest BCUT2D eigenvalue weighted by molar-refractivity contribution is 6.09. The molecule has 0 atom stereocenters. The normalized spacial score (nSPS) is 10.9. The lowest BCUT2D eigenvalue weighted by Crippen LogP contribution is -2.25. The number of Topliss-reactive ketones (excluding diaryl/α,β-unsaturated/α-hetero) is 1. The van der Waals surface area contributed by atoms with Crippen molar-refractivity contribution in [3.63, 3.8) is 0 Å². The molecule has 15 heavy (non-hydrogen) atoms. The van der Waals surface area contributed by atoms with Crippen LogP contribution >= 0.6 is 0 Å². The van der Waals surface area contributed by atoms with Gasteiger partial charge in [0, 0.05) is 12.5 Å². The van der Waals surface area contributed by atoms with Gasteiger partial charge in [-0.1, -0.05) is 30.3 Å². The van der Waals surface area contributed by atoms with Crippen LogP contribution in [0.3, 0.4) is 0 Å². The van der Waals surface area contributed by atoms with Crippen LogP contribution in [0.25, 0.3) is 0 Å². The summed E-state index contributed by atoms with van der Waals surface area (Å²) in [6.45, 7) is 1.27. The molecule has 0 aliphatic rings. The molecule has 0 aromatic heterocycles. The largest absolute Gasteiger partial charge is 0.513 e. The van der Waals surface area contributed by atoms with Crippen molar-refractivity contribution in [1.29, 1.82) is 0 Å². The van der Waals surface area contributed by atoms with Crippen LogP contribution in [-0.2, 0) is 4.79 Å². The minimum Gasteiger partial charge on any atom is -0.513 e. The minimum absolute atomic E-state index is 0.131. The molecule has 78 valence electrons. The maximum absolute atomic E-state index is 11.7. The van der Waals surface area contributed by atoms with Crippen molar-refractivity contribution in [3.8, 4) is 0 Å². The van der Waals surface area contributed by atoms with Gasteiger partial charge in [0.2, 0.25) is 11.7 Å². The van der Waals surface area contributed by atoms with Crippen LogP contribution in [0.15, 0.2) is 42.3 Å². The van der Waals surface area contributed by atoms with Crippen LogP contribution < -0.4 is 5.32 Å². The third-order valence-corrected chi connectivity index (χ3v) is 1.72. The molecule has 0 heterocycles. The van der Waals surface area contributed by atoms with E-state index in [1.807, 2.05) is 0 Å². The fraction of sp³-hybridized carbons (Fsp3) is 0.0909. The minimum atomic E-state index is -0.423. The van der Waals surface area contributed by atoms with E-state index in [-0.39, 0.29) is 5.70 Å². The summed E-state index contributed by atoms with van der Waals surface area (Å²) in [5.74, 6) is -0.826. The summed E-state index contributed by atoms with van der Waals surface area (Å²) >= 11 is 0. The second-order valence-electron chi connectivity index (χ2n) is 2.92. The molecule has 0 unspecified atom stereocenters. The molecule has 4 nitrogen and oxygen atoms in total. The number of nitrogens with one attached hydrogen (secondary N) is 1. The van der Waals surface area contributed by atoms with Gasteiger partial charge in [-0.05, 0) is 0 Å². The summed E-state index contributed by atoms with van der Waals surface area (Å²) in [6, 6.07) is 8.39. The molecule has 0 saturated heterocycles. The Hall–Kier alpha value is -2.10. The average molecular weight is 205 g/mol. The summed E-state index contributed by atoms with van der Waals surface area (Å²) in [6.07, 6.45) is 0.594. The van der Waals surface area contributed by atoms with Gasteiger partial charge in [-0.2, -0.15) is 0 Å². The van der Waals surface area contributed by atoms with Gasteiger partial charge in [-0.15, -0.1) is 0 Å². The summed E-state index contributed by atoms with van der Waals surface area (Å²) in [7, 11) is 0. The number of amides is 1. The third kappa shape index (κ3) is 2.95. The monoisotopic (exact) mass is 205 g/mol. The first kappa shape index (κ1) is 11.0. The van der Waals surface area contributed by atoms with E-state index in [9.17, 15) is 9.59 Å². The molecule has 0 saturated carbocycles. The molecule has 4 heteroatoms. The molecule has 1 aromatic carbocycles. The smallest absolute Gasteiger partial charge is 0.221 e. The van der Waals surface area contributed by atoms with Crippen molar-refractivity contribution in [2.75, 3.05) is 0 Å². The molecule has 1 amide bonds. The predicted octanol–water partition coefficient (Wildman–Crippen LogP) is 1.40. The fourth-order valence-electron chi connectivity index (χ4n) is 1.08. The predicted molar refractivity (Wildman–Crippen MR) is 55.3 cm³/mol. The Morgan fingerprint density at radius 2 is 1.87 bits per heavy atom. The molecule has 0 bridgehead atoms. The van der Waals surface area contributed by atoms with E-state index >= 15 is 0 Å². The number of rotatable bonds is 3. The fourth-order valence-corrected chi connectivity index (χ4v) is 1.08. The van der Waals surface area contributed by atoms with E-state index in [1.54, 1.807) is 30.3 Å². The number of carbonyl (C=O) groups is 2. The van der Waals surface area contributed by atoms with Gasteiger partial charge in [0.15, 0.2) is 0 Å². The molecule has 0 aliphatic heterocycles. The zero-order valence-electron chi connectivity index (χ0n) is 8.23. The van der Waals surface area contributed by atoms with Gasteiger partial charge < -0.3 is 10.4 Å². The molecule has 0 spiro atoms. The summed E-state index contributed by atoms with van der Waals surface area (Å²) in [5.41, 5.74) is 0.278. The summed E-state index contributed by atoms with van der Waals surface area (Å²) < 4.78 is 0. The SMILES string of the molecule is CC(=O)N/C(=C\O)C(=O)c1ccccc1. The first-order chi connectivity index (χ1) is 7.15.